The third-order valence-electron chi connectivity index (χ3n) is 10.4. The first-order chi connectivity index (χ1) is 27.8. The van der Waals surface area contributed by atoms with E-state index in [1.807, 2.05) is 97.3 Å². The van der Waals surface area contributed by atoms with Crippen LogP contribution in [0, 0.1) is 0 Å². The van der Waals surface area contributed by atoms with Crippen LogP contribution in [0.15, 0.2) is 170 Å². The first kappa shape index (κ1) is 31.7. The number of rotatable bonds is 5. The van der Waals surface area contributed by atoms with Gasteiger partial charge in [-0.15, -0.1) is 15.3 Å². The fourth-order valence-electron chi connectivity index (χ4n) is 7.87. The van der Waals surface area contributed by atoms with E-state index in [0.29, 0.717) is 22.9 Å². The van der Waals surface area contributed by atoms with Crippen LogP contribution in [-0.4, -0.2) is 40.3 Å². The van der Waals surface area contributed by atoms with Gasteiger partial charge in [0, 0.05) is 55.4 Å². The van der Waals surface area contributed by atoms with Gasteiger partial charge in [-0.25, -0.2) is 15.0 Å². The van der Waals surface area contributed by atoms with Gasteiger partial charge in [-0.2, -0.15) is 5.10 Å². The summed E-state index contributed by atoms with van der Waals surface area (Å²) < 4.78 is 0. The Hall–Kier alpha value is -7.84. The molecule has 0 aliphatic heterocycles. The van der Waals surface area contributed by atoms with Crippen molar-refractivity contribution < 1.29 is 0 Å². The molecule has 0 unspecified atom stereocenters. The number of nitrogens with zero attached hydrogens (tertiary/aromatic N) is 8. The molecule has 0 fully saturated rings. The minimum Gasteiger partial charge on any atom is -0.252 e. The van der Waals surface area contributed by atoms with Crippen LogP contribution < -0.4 is 0 Å². The molecule has 0 aliphatic rings. The molecule has 0 N–H and O–H groups in total. The lowest BCUT2D eigenvalue weighted by Gasteiger charge is -2.24. The molecule has 56 heavy (non-hydrogen) atoms. The molecule has 7 aromatic carbocycles. The van der Waals surface area contributed by atoms with Gasteiger partial charge in [-0.05, 0) is 46.8 Å². The van der Waals surface area contributed by atoms with Crippen molar-refractivity contribution in [3.8, 4) is 56.3 Å². The third kappa shape index (κ3) is 5.15. The van der Waals surface area contributed by atoms with Gasteiger partial charge < -0.3 is 0 Å². The lowest BCUT2D eigenvalue weighted by molar-refractivity contribution is 1.05. The number of fused-ring (bicyclic) bond motifs is 5. The van der Waals surface area contributed by atoms with Crippen LogP contribution in [0.25, 0.3) is 111 Å². The molecule has 11 rings (SSSR count). The second-order valence-corrected chi connectivity index (χ2v) is 13.7. The zero-order chi connectivity index (χ0) is 37.0. The topological polar surface area (TPSA) is 103 Å². The first-order valence-corrected chi connectivity index (χ1v) is 18.3. The number of hydrogen-bond donors (Lipinski definition) is 0. The molecule has 8 heteroatoms. The maximum absolute atomic E-state index is 5.30. The van der Waals surface area contributed by atoms with Crippen molar-refractivity contribution >= 4 is 54.4 Å². The normalized spacial score (nSPS) is 11.6. The van der Waals surface area contributed by atoms with Crippen LogP contribution in [0.2, 0.25) is 0 Å². The molecule has 0 radical (unpaired) electrons. The minimum absolute atomic E-state index is 0.514. The van der Waals surface area contributed by atoms with E-state index in [-0.39, 0.29) is 0 Å². The Kier molecular flexibility index (Phi) is 7.31. The van der Waals surface area contributed by atoms with Crippen LogP contribution in [0.5, 0.6) is 0 Å². The molecule has 0 saturated heterocycles. The monoisotopic (exact) mass is 716 g/mol. The highest BCUT2D eigenvalue weighted by atomic mass is 15.1. The highest BCUT2D eigenvalue weighted by Crippen LogP contribution is 2.52. The average Bonchev–Trinajstić information content (AvgIpc) is 3.27. The predicted molar refractivity (Wildman–Crippen MR) is 224 cm³/mol. The molecular weight excluding hydrogens is 689 g/mol. The smallest absolute Gasteiger partial charge is 0.161 e. The standard InChI is InChI=1S/C48H28N8/c1-2-13-29(14-3-1)33-19-12-20-35-42(33)44(40-25-30-15-5-9-22-37(30)54-55-40)45(47-34-18-7-4-16-31(34)27-51-56-47)46(48-50-26-32-17-6-8-21-36(32)53-48)43(35)41-28-49-38-23-10-11-24-39(38)52-41/h1-28H. The lowest BCUT2D eigenvalue weighted by atomic mass is 9.81. The van der Waals surface area contributed by atoms with E-state index >= 15 is 0 Å². The van der Waals surface area contributed by atoms with Crippen LogP contribution in [-0.2, 0) is 0 Å². The average molecular weight is 717 g/mol. The van der Waals surface area contributed by atoms with Gasteiger partial charge >= 0.3 is 0 Å². The second-order valence-electron chi connectivity index (χ2n) is 13.7. The molecule has 260 valence electrons. The quantitative estimate of drug-likeness (QED) is 0.173. The Morgan fingerprint density at radius 3 is 1.96 bits per heavy atom. The molecular formula is C48H28N8. The molecule has 8 nitrogen and oxygen atoms in total. The zero-order valence-electron chi connectivity index (χ0n) is 29.7. The van der Waals surface area contributed by atoms with E-state index in [1.54, 1.807) is 6.20 Å². The van der Waals surface area contributed by atoms with Crippen LogP contribution in [0.1, 0.15) is 0 Å². The van der Waals surface area contributed by atoms with E-state index < -0.39 is 0 Å². The number of benzene rings is 7. The Bertz CT molecular complexity index is 3320. The van der Waals surface area contributed by atoms with E-state index in [1.165, 1.54) is 0 Å². The SMILES string of the molecule is c1ccc(-c2cccc3c(-c4cnc5ccccc5n4)c(-c4ncc5ccccc5n4)c(-c4nncc5ccccc45)c(-c4cc5ccccc5nn4)c23)cc1. The Labute approximate surface area is 320 Å². The summed E-state index contributed by atoms with van der Waals surface area (Å²) in [5.41, 5.74) is 10.5. The highest BCUT2D eigenvalue weighted by Gasteiger charge is 2.30. The fraction of sp³-hybridized carbons (Fsp3) is 0. The first-order valence-electron chi connectivity index (χ1n) is 18.3. The van der Waals surface area contributed by atoms with Crippen molar-refractivity contribution in [3.05, 3.63) is 170 Å². The van der Waals surface area contributed by atoms with E-state index in [0.717, 1.165) is 87.8 Å². The molecule has 4 aromatic heterocycles. The molecule has 4 heterocycles. The van der Waals surface area contributed by atoms with E-state index in [2.05, 4.69) is 71.8 Å². The molecule has 0 atom stereocenters. The van der Waals surface area contributed by atoms with Crippen LogP contribution in [0.3, 0.4) is 0 Å². The van der Waals surface area contributed by atoms with E-state index in [4.69, 9.17) is 35.2 Å². The van der Waals surface area contributed by atoms with Gasteiger partial charge in [0.15, 0.2) is 5.82 Å². The summed E-state index contributed by atoms with van der Waals surface area (Å²) in [6, 6.07) is 51.1. The maximum atomic E-state index is 5.30. The van der Waals surface area contributed by atoms with Crippen molar-refractivity contribution in [2.75, 3.05) is 0 Å². The Morgan fingerprint density at radius 1 is 0.375 bits per heavy atom. The van der Waals surface area contributed by atoms with E-state index in [9.17, 15) is 0 Å². The summed E-state index contributed by atoms with van der Waals surface area (Å²) in [5.74, 6) is 0.514. The Morgan fingerprint density at radius 2 is 1.09 bits per heavy atom. The highest BCUT2D eigenvalue weighted by molar-refractivity contribution is 6.22. The second kappa shape index (κ2) is 12.9. The summed E-state index contributed by atoms with van der Waals surface area (Å²) >= 11 is 0. The van der Waals surface area contributed by atoms with Crippen molar-refractivity contribution in [2.45, 2.75) is 0 Å². The van der Waals surface area contributed by atoms with Gasteiger partial charge in [0.1, 0.15) is 5.69 Å². The summed E-state index contributed by atoms with van der Waals surface area (Å²) in [4.78, 5) is 20.7. The van der Waals surface area contributed by atoms with Crippen LogP contribution in [0.4, 0.5) is 0 Å². The maximum Gasteiger partial charge on any atom is 0.161 e. The number of aromatic nitrogens is 8. The Balaban J connectivity index is 1.43. The third-order valence-corrected chi connectivity index (χ3v) is 10.4. The van der Waals surface area contributed by atoms with Gasteiger partial charge in [-0.1, -0.05) is 121 Å². The van der Waals surface area contributed by atoms with Gasteiger partial charge in [-0.3, -0.25) is 4.98 Å². The van der Waals surface area contributed by atoms with Crippen molar-refractivity contribution in [1.82, 2.24) is 40.3 Å². The van der Waals surface area contributed by atoms with Gasteiger partial charge in [0.05, 0.1) is 45.8 Å². The summed E-state index contributed by atoms with van der Waals surface area (Å²) in [6.07, 6.45) is 5.53. The van der Waals surface area contributed by atoms with Crippen molar-refractivity contribution in [1.29, 1.82) is 0 Å². The fourth-order valence-corrected chi connectivity index (χ4v) is 7.87. The lowest BCUT2D eigenvalue weighted by Crippen LogP contribution is -2.05. The molecule has 0 saturated carbocycles. The number of hydrogen-bond acceptors (Lipinski definition) is 8. The summed E-state index contributed by atoms with van der Waals surface area (Å²) in [6.45, 7) is 0. The molecule has 0 amide bonds. The molecule has 0 aliphatic carbocycles. The predicted octanol–water partition coefficient (Wildman–Crippen LogP) is 10.9. The van der Waals surface area contributed by atoms with Crippen molar-refractivity contribution in [2.24, 2.45) is 0 Å². The van der Waals surface area contributed by atoms with Crippen molar-refractivity contribution in [3.63, 3.8) is 0 Å². The zero-order valence-corrected chi connectivity index (χ0v) is 29.7. The number of para-hydroxylation sites is 3. The largest absolute Gasteiger partial charge is 0.252 e. The summed E-state index contributed by atoms with van der Waals surface area (Å²) in [7, 11) is 0. The molecule has 0 bridgehead atoms. The van der Waals surface area contributed by atoms with Crippen LogP contribution >= 0.6 is 0 Å². The molecule has 11 aromatic rings. The van der Waals surface area contributed by atoms with Gasteiger partial charge in [0.2, 0.25) is 0 Å². The van der Waals surface area contributed by atoms with Gasteiger partial charge in [0.25, 0.3) is 0 Å². The minimum atomic E-state index is 0.514. The molecule has 0 spiro atoms. The summed E-state index contributed by atoms with van der Waals surface area (Å²) in [5, 5.41) is 25.0.